The number of hydrogen-bond acceptors (Lipinski definition) is 2. The number of aromatic carboxylic acids is 1. The summed E-state index contributed by atoms with van der Waals surface area (Å²) < 4.78 is 2.12. The zero-order valence-electron chi connectivity index (χ0n) is 15.9. The third kappa shape index (κ3) is 3.98. The van der Waals surface area contributed by atoms with E-state index in [-0.39, 0.29) is 5.56 Å². The number of carboxylic acid groups (broad SMARTS) is 1. The van der Waals surface area contributed by atoms with Crippen molar-refractivity contribution >= 4 is 40.1 Å². The summed E-state index contributed by atoms with van der Waals surface area (Å²) in [5, 5.41) is 20.4. The molecule has 3 aromatic carbocycles. The van der Waals surface area contributed by atoms with Crippen molar-refractivity contribution in [3.8, 4) is 6.07 Å². The summed E-state index contributed by atoms with van der Waals surface area (Å²) in [6.45, 7) is 0.681. The number of fused-ring (bicyclic) bond motifs is 1. The molecule has 4 nitrogen and oxygen atoms in total. The molecule has 0 bridgehead atoms. The first-order valence-corrected chi connectivity index (χ1v) is 9.71. The zero-order chi connectivity index (χ0) is 21.1. The van der Waals surface area contributed by atoms with Crippen LogP contribution < -0.4 is 0 Å². The average molecular weight is 413 g/mol. The molecule has 0 saturated heterocycles. The Hall–Kier alpha value is -3.81. The molecule has 0 saturated carbocycles. The summed E-state index contributed by atoms with van der Waals surface area (Å²) in [6, 6.07) is 24.4. The molecular formula is C25H17ClN2O2. The highest BCUT2D eigenvalue weighted by Gasteiger charge is 2.11. The predicted molar refractivity (Wildman–Crippen MR) is 119 cm³/mol. The maximum atomic E-state index is 11.1. The molecule has 0 radical (unpaired) electrons. The summed E-state index contributed by atoms with van der Waals surface area (Å²) in [7, 11) is 0. The molecule has 146 valence electrons. The van der Waals surface area contributed by atoms with E-state index in [2.05, 4.69) is 22.8 Å². The van der Waals surface area contributed by atoms with Gasteiger partial charge in [-0.3, -0.25) is 0 Å². The standard InChI is InChI=1S/C25H17ClN2O2/c26-22-10-11-23-21(12-20(14-27)18-6-8-19(9-7-18)25(29)30)16-28(24(23)13-22)15-17-4-2-1-3-5-17/h1-13,16H,15H2,(H,29,30). The van der Waals surface area contributed by atoms with Crippen LogP contribution in [0.5, 0.6) is 0 Å². The smallest absolute Gasteiger partial charge is 0.335 e. The molecule has 0 unspecified atom stereocenters. The Balaban J connectivity index is 1.79. The number of benzene rings is 3. The zero-order valence-corrected chi connectivity index (χ0v) is 16.7. The third-order valence-electron chi connectivity index (χ3n) is 4.93. The van der Waals surface area contributed by atoms with E-state index in [1.165, 1.54) is 12.1 Å². The third-order valence-corrected chi connectivity index (χ3v) is 5.17. The molecule has 0 aliphatic rings. The summed E-state index contributed by atoms with van der Waals surface area (Å²) in [4.78, 5) is 11.1. The van der Waals surface area contributed by atoms with Crippen LogP contribution in [-0.4, -0.2) is 15.6 Å². The fourth-order valence-corrected chi connectivity index (χ4v) is 3.61. The lowest BCUT2D eigenvalue weighted by Crippen LogP contribution is -1.97. The molecule has 30 heavy (non-hydrogen) atoms. The van der Waals surface area contributed by atoms with Gasteiger partial charge in [-0.05, 0) is 41.5 Å². The monoisotopic (exact) mass is 412 g/mol. The Morgan fingerprint density at radius 1 is 1.03 bits per heavy atom. The predicted octanol–water partition coefficient (Wildman–Crippen LogP) is 6.11. The number of halogens is 1. The van der Waals surface area contributed by atoms with E-state index in [4.69, 9.17) is 16.7 Å². The van der Waals surface area contributed by atoms with Crippen LogP contribution in [0.15, 0.2) is 79.0 Å². The minimum absolute atomic E-state index is 0.185. The molecule has 5 heteroatoms. The topological polar surface area (TPSA) is 66.0 Å². The van der Waals surface area contributed by atoms with Gasteiger partial charge in [0.05, 0.1) is 22.7 Å². The Kier molecular flexibility index (Phi) is 5.38. The quantitative estimate of drug-likeness (QED) is 0.402. The Labute approximate surface area is 178 Å². The van der Waals surface area contributed by atoms with Crippen molar-refractivity contribution in [3.63, 3.8) is 0 Å². The highest BCUT2D eigenvalue weighted by atomic mass is 35.5. The summed E-state index contributed by atoms with van der Waals surface area (Å²) >= 11 is 6.24. The number of rotatable bonds is 5. The van der Waals surface area contributed by atoms with E-state index in [1.807, 2.05) is 48.7 Å². The van der Waals surface area contributed by atoms with Crippen molar-refractivity contribution in [1.29, 1.82) is 5.26 Å². The van der Waals surface area contributed by atoms with E-state index in [1.54, 1.807) is 12.1 Å². The van der Waals surface area contributed by atoms with Crippen LogP contribution in [0.2, 0.25) is 5.02 Å². The van der Waals surface area contributed by atoms with Crippen molar-refractivity contribution in [2.75, 3.05) is 0 Å². The molecule has 0 aliphatic heterocycles. The minimum atomic E-state index is -0.995. The van der Waals surface area contributed by atoms with Crippen LogP contribution in [0.4, 0.5) is 0 Å². The van der Waals surface area contributed by atoms with Crippen molar-refractivity contribution in [2.24, 2.45) is 0 Å². The molecule has 0 spiro atoms. The first-order valence-electron chi connectivity index (χ1n) is 9.33. The molecule has 0 atom stereocenters. The normalized spacial score (nSPS) is 11.4. The van der Waals surface area contributed by atoms with Crippen molar-refractivity contribution in [1.82, 2.24) is 4.57 Å². The van der Waals surface area contributed by atoms with E-state index in [9.17, 15) is 10.1 Å². The van der Waals surface area contributed by atoms with Crippen LogP contribution in [-0.2, 0) is 6.54 Å². The second kappa shape index (κ2) is 8.28. The molecule has 4 rings (SSSR count). The van der Waals surface area contributed by atoms with Gasteiger partial charge in [0.15, 0.2) is 0 Å². The largest absolute Gasteiger partial charge is 0.478 e. The molecule has 0 amide bonds. The summed E-state index contributed by atoms with van der Waals surface area (Å²) in [5.74, 6) is -0.995. The van der Waals surface area contributed by atoms with Gasteiger partial charge in [-0.25, -0.2) is 4.79 Å². The van der Waals surface area contributed by atoms with Gasteiger partial charge in [-0.15, -0.1) is 0 Å². The lowest BCUT2D eigenvalue weighted by atomic mass is 10.0. The SMILES string of the molecule is N#CC(=Cc1cn(Cc2ccccc2)c2cc(Cl)ccc12)c1ccc(C(=O)O)cc1. The highest BCUT2D eigenvalue weighted by molar-refractivity contribution is 6.31. The summed E-state index contributed by atoms with van der Waals surface area (Å²) in [5.41, 5.74) is 4.36. The fraction of sp³-hybridized carbons (Fsp3) is 0.0400. The molecule has 4 aromatic rings. The molecular weight excluding hydrogens is 396 g/mol. The lowest BCUT2D eigenvalue weighted by molar-refractivity contribution is 0.0697. The van der Waals surface area contributed by atoms with Crippen molar-refractivity contribution in [2.45, 2.75) is 6.54 Å². The maximum Gasteiger partial charge on any atom is 0.335 e. The maximum absolute atomic E-state index is 11.1. The van der Waals surface area contributed by atoms with Crippen LogP contribution in [0.25, 0.3) is 22.6 Å². The Morgan fingerprint density at radius 3 is 2.40 bits per heavy atom. The Morgan fingerprint density at radius 2 is 1.73 bits per heavy atom. The Bertz CT molecular complexity index is 1300. The van der Waals surface area contributed by atoms with Gasteiger partial charge < -0.3 is 9.67 Å². The van der Waals surface area contributed by atoms with Crippen LogP contribution in [0, 0.1) is 11.3 Å². The van der Waals surface area contributed by atoms with Crippen molar-refractivity contribution < 1.29 is 9.90 Å². The number of carboxylic acids is 1. The van der Waals surface area contributed by atoms with Gasteiger partial charge in [0, 0.05) is 28.7 Å². The van der Waals surface area contributed by atoms with E-state index < -0.39 is 5.97 Å². The minimum Gasteiger partial charge on any atom is -0.478 e. The first kappa shape index (κ1) is 19.5. The van der Waals surface area contributed by atoms with Gasteiger partial charge >= 0.3 is 5.97 Å². The number of allylic oxidation sites excluding steroid dienone is 1. The second-order valence-electron chi connectivity index (χ2n) is 6.91. The van der Waals surface area contributed by atoms with E-state index >= 15 is 0 Å². The molecule has 1 heterocycles. The van der Waals surface area contributed by atoms with Gasteiger partial charge in [0.2, 0.25) is 0 Å². The van der Waals surface area contributed by atoms with Gasteiger partial charge in [-0.1, -0.05) is 60.1 Å². The number of nitriles is 1. The molecule has 0 aliphatic carbocycles. The van der Waals surface area contributed by atoms with Crippen LogP contribution >= 0.6 is 11.6 Å². The van der Waals surface area contributed by atoms with Gasteiger partial charge in [0.25, 0.3) is 0 Å². The molecule has 1 aromatic heterocycles. The first-order chi connectivity index (χ1) is 14.5. The molecule has 1 N–H and O–H groups in total. The van der Waals surface area contributed by atoms with Gasteiger partial charge in [-0.2, -0.15) is 5.26 Å². The van der Waals surface area contributed by atoms with Crippen molar-refractivity contribution in [3.05, 3.63) is 106 Å². The van der Waals surface area contributed by atoms with E-state index in [0.29, 0.717) is 22.7 Å². The lowest BCUT2D eigenvalue weighted by Gasteiger charge is -2.05. The highest BCUT2D eigenvalue weighted by Crippen LogP contribution is 2.29. The second-order valence-corrected chi connectivity index (χ2v) is 7.35. The molecule has 0 fully saturated rings. The fourth-order valence-electron chi connectivity index (χ4n) is 3.45. The number of hydrogen-bond donors (Lipinski definition) is 1. The van der Waals surface area contributed by atoms with Gasteiger partial charge in [0.1, 0.15) is 0 Å². The number of carbonyl (C=O) groups is 1. The number of aromatic nitrogens is 1. The number of nitrogens with zero attached hydrogens (tertiary/aromatic N) is 2. The summed E-state index contributed by atoms with van der Waals surface area (Å²) in [6.07, 6.45) is 3.84. The van der Waals surface area contributed by atoms with Crippen LogP contribution in [0.3, 0.4) is 0 Å². The van der Waals surface area contributed by atoms with Crippen LogP contribution in [0.1, 0.15) is 27.0 Å². The average Bonchev–Trinajstić information content (AvgIpc) is 3.09. The van der Waals surface area contributed by atoms with E-state index in [0.717, 1.165) is 22.0 Å².